The van der Waals surface area contributed by atoms with Gasteiger partial charge in [-0.25, -0.2) is 4.79 Å². The van der Waals surface area contributed by atoms with E-state index in [1.165, 1.54) is 0 Å². The van der Waals surface area contributed by atoms with E-state index in [-0.39, 0.29) is 5.97 Å². The topological polar surface area (TPSA) is 35.5 Å². The Hall–Kier alpha value is -2.81. The maximum absolute atomic E-state index is 12.3. The fourth-order valence-corrected chi connectivity index (χ4v) is 2.30. The van der Waals surface area contributed by atoms with Crippen LogP contribution in [0.2, 0.25) is 0 Å². The van der Waals surface area contributed by atoms with Crippen molar-refractivity contribution in [3.05, 3.63) is 72.3 Å². The third kappa shape index (κ3) is 2.93. The van der Waals surface area contributed by atoms with E-state index in [0.29, 0.717) is 17.9 Å². The number of rotatable bonds is 4. The van der Waals surface area contributed by atoms with Gasteiger partial charge in [0.15, 0.2) is 0 Å². The second kappa shape index (κ2) is 6.31. The Morgan fingerprint density at radius 1 is 0.909 bits per heavy atom. The van der Waals surface area contributed by atoms with Crippen LogP contribution in [-0.4, -0.2) is 12.6 Å². The molecule has 0 aliphatic rings. The summed E-state index contributed by atoms with van der Waals surface area (Å²) in [6.45, 7) is 2.52. The van der Waals surface area contributed by atoms with E-state index in [1.807, 2.05) is 43.3 Å². The standard InChI is InChI=1S/C19H16O3/c1-2-21-16-12-10-15(11-13-16)19(20)22-18-9-5-7-14-6-3-4-8-17(14)18/h3-13H,2H2,1H3. The Kier molecular flexibility index (Phi) is 4.05. The molecule has 0 heterocycles. The highest BCUT2D eigenvalue weighted by Gasteiger charge is 2.10. The first kappa shape index (κ1) is 14.1. The van der Waals surface area contributed by atoms with Gasteiger partial charge in [-0.15, -0.1) is 0 Å². The maximum Gasteiger partial charge on any atom is 0.343 e. The van der Waals surface area contributed by atoms with E-state index in [1.54, 1.807) is 30.3 Å². The molecule has 3 heteroatoms. The molecule has 0 aliphatic carbocycles. The summed E-state index contributed by atoms with van der Waals surface area (Å²) in [6, 6.07) is 20.4. The lowest BCUT2D eigenvalue weighted by atomic mass is 10.1. The molecule has 0 N–H and O–H groups in total. The summed E-state index contributed by atoms with van der Waals surface area (Å²) in [5, 5.41) is 1.96. The van der Waals surface area contributed by atoms with Crippen molar-refractivity contribution in [3.63, 3.8) is 0 Å². The first-order valence-corrected chi connectivity index (χ1v) is 7.21. The summed E-state index contributed by atoms with van der Waals surface area (Å²) >= 11 is 0. The van der Waals surface area contributed by atoms with Crippen LogP contribution >= 0.6 is 0 Å². The Morgan fingerprint density at radius 3 is 2.41 bits per heavy atom. The average molecular weight is 292 g/mol. The number of carbonyl (C=O) groups is 1. The van der Waals surface area contributed by atoms with Gasteiger partial charge in [0.05, 0.1) is 12.2 Å². The van der Waals surface area contributed by atoms with Crippen LogP contribution in [-0.2, 0) is 0 Å². The fourth-order valence-electron chi connectivity index (χ4n) is 2.30. The molecule has 3 aromatic carbocycles. The Bertz CT molecular complexity index is 786. The van der Waals surface area contributed by atoms with Crippen molar-refractivity contribution >= 4 is 16.7 Å². The molecule has 0 spiro atoms. The predicted molar refractivity (Wildman–Crippen MR) is 86.5 cm³/mol. The highest BCUT2D eigenvalue weighted by Crippen LogP contribution is 2.26. The second-order valence-corrected chi connectivity index (χ2v) is 4.82. The average Bonchev–Trinajstić information content (AvgIpc) is 2.56. The Labute approximate surface area is 129 Å². The first-order chi connectivity index (χ1) is 10.8. The van der Waals surface area contributed by atoms with Crippen molar-refractivity contribution < 1.29 is 14.3 Å². The molecular formula is C19H16O3. The summed E-state index contributed by atoms with van der Waals surface area (Å²) in [4.78, 5) is 12.3. The van der Waals surface area contributed by atoms with Crippen molar-refractivity contribution in [1.82, 2.24) is 0 Å². The van der Waals surface area contributed by atoms with E-state index in [4.69, 9.17) is 9.47 Å². The summed E-state index contributed by atoms with van der Waals surface area (Å²) < 4.78 is 10.9. The molecule has 0 unspecified atom stereocenters. The van der Waals surface area contributed by atoms with Crippen molar-refractivity contribution in [2.24, 2.45) is 0 Å². The third-order valence-corrected chi connectivity index (χ3v) is 3.35. The zero-order valence-corrected chi connectivity index (χ0v) is 12.3. The molecule has 0 radical (unpaired) electrons. The third-order valence-electron chi connectivity index (χ3n) is 3.35. The van der Waals surface area contributed by atoms with Gasteiger partial charge in [-0.2, -0.15) is 0 Å². The molecule has 22 heavy (non-hydrogen) atoms. The first-order valence-electron chi connectivity index (χ1n) is 7.21. The van der Waals surface area contributed by atoms with Crippen molar-refractivity contribution in [2.45, 2.75) is 6.92 Å². The summed E-state index contributed by atoms with van der Waals surface area (Å²) in [5.41, 5.74) is 0.497. The lowest BCUT2D eigenvalue weighted by molar-refractivity contribution is 0.0737. The number of fused-ring (bicyclic) bond motifs is 1. The van der Waals surface area contributed by atoms with Gasteiger partial charge < -0.3 is 9.47 Å². The normalized spacial score (nSPS) is 10.4. The van der Waals surface area contributed by atoms with Crippen LogP contribution in [0, 0.1) is 0 Å². The second-order valence-electron chi connectivity index (χ2n) is 4.82. The molecule has 0 bridgehead atoms. The number of benzene rings is 3. The van der Waals surface area contributed by atoms with Gasteiger partial charge in [0.2, 0.25) is 0 Å². The minimum atomic E-state index is -0.376. The summed E-state index contributed by atoms with van der Waals surface area (Å²) in [5.74, 6) is 0.931. The molecule has 0 saturated carbocycles. The Morgan fingerprint density at radius 2 is 1.64 bits per heavy atom. The minimum absolute atomic E-state index is 0.376. The predicted octanol–water partition coefficient (Wildman–Crippen LogP) is 4.46. The number of carbonyl (C=O) groups excluding carboxylic acids is 1. The molecule has 0 fully saturated rings. The van der Waals surface area contributed by atoms with Gasteiger partial charge in [0.1, 0.15) is 11.5 Å². The number of ether oxygens (including phenoxy) is 2. The van der Waals surface area contributed by atoms with Crippen molar-refractivity contribution in [2.75, 3.05) is 6.61 Å². The molecule has 0 aliphatic heterocycles. The molecular weight excluding hydrogens is 276 g/mol. The molecule has 0 atom stereocenters. The van der Waals surface area contributed by atoms with Gasteiger partial charge in [-0.05, 0) is 42.6 Å². The van der Waals surface area contributed by atoms with Crippen LogP contribution in [0.1, 0.15) is 17.3 Å². The highest BCUT2D eigenvalue weighted by molar-refractivity contribution is 5.95. The Balaban J connectivity index is 1.83. The molecule has 3 aromatic rings. The van der Waals surface area contributed by atoms with Crippen molar-refractivity contribution in [3.8, 4) is 11.5 Å². The molecule has 0 aromatic heterocycles. The van der Waals surface area contributed by atoms with Crippen LogP contribution < -0.4 is 9.47 Å². The SMILES string of the molecule is CCOc1ccc(C(=O)Oc2cccc3ccccc23)cc1. The van der Waals surface area contributed by atoms with Crippen LogP contribution in [0.3, 0.4) is 0 Å². The van der Waals surface area contributed by atoms with Crippen molar-refractivity contribution in [1.29, 1.82) is 0 Å². The van der Waals surface area contributed by atoms with Crippen LogP contribution in [0.15, 0.2) is 66.7 Å². The summed E-state index contributed by atoms with van der Waals surface area (Å²) in [6.07, 6.45) is 0. The molecule has 0 amide bonds. The minimum Gasteiger partial charge on any atom is -0.494 e. The number of hydrogen-bond acceptors (Lipinski definition) is 3. The van der Waals surface area contributed by atoms with Crippen LogP contribution in [0.4, 0.5) is 0 Å². The molecule has 3 nitrogen and oxygen atoms in total. The fraction of sp³-hybridized carbons (Fsp3) is 0.105. The smallest absolute Gasteiger partial charge is 0.343 e. The largest absolute Gasteiger partial charge is 0.494 e. The molecule has 3 rings (SSSR count). The molecule has 0 saturated heterocycles. The lowest BCUT2D eigenvalue weighted by Gasteiger charge is -2.08. The lowest BCUT2D eigenvalue weighted by Crippen LogP contribution is -2.08. The van der Waals surface area contributed by atoms with Crippen LogP contribution in [0.5, 0.6) is 11.5 Å². The quantitative estimate of drug-likeness (QED) is 0.526. The zero-order valence-electron chi connectivity index (χ0n) is 12.3. The van der Waals surface area contributed by atoms with Gasteiger partial charge in [-0.1, -0.05) is 36.4 Å². The molecule has 110 valence electrons. The number of esters is 1. The van der Waals surface area contributed by atoms with Gasteiger partial charge in [-0.3, -0.25) is 0 Å². The summed E-state index contributed by atoms with van der Waals surface area (Å²) in [7, 11) is 0. The van der Waals surface area contributed by atoms with Gasteiger partial charge in [0.25, 0.3) is 0 Å². The van der Waals surface area contributed by atoms with Gasteiger partial charge >= 0.3 is 5.97 Å². The van der Waals surface area contributed by atoms with E-state index in [9.17, 15) is 4.79 Å². The van der Waals surface area contributed by atoms with E-state index in [2.05, 4.69) is 0 Å². The van der Waals surface area contributed by atoms with E-state index < -0.39 is 0 Å². The van der Waals surface area contributed by atoms with E-state index >= 15 is 0 Å². The monoisotopic (exact) mass is 292 g/mol. The van der Waals surface area contributed by atoms with E-state index in [0.717, 1.165) is 16.5 Å². The van der Waals surface area contributed by atoms with Crippen LogP contribution in [0.25, 0.3) is 10.8 Å². The zero-order chi connectivity index (χ0) is 15.4. The van der Waals surface area contributed by atoms with Gasteiger partial charge in [0, 0.05) is 5.39 Å². The number of hydrogen-bond donors (Lipinski definition) is 0. The highest BCUT2D eigenvalue weighted by atomic mass is 16.5. The maximum atomic E-state index is 12.3.